The van der Waals surface area contributed by atoms with Gasteiger partial charge in [-0.1, -0.05) is 18.2 Å². The molecule has 0 atom stereocenters. The third-order valence-electron chi connectivity index (χ3n) is 3.23. The predicted molar refractivity (Wildman–Crippen MR) is 82.2 cm³/mol. The summed E-state index contributed by atoms with van der Waals surface area (Å²) in [6.45, 7) is -0.210. The number of nitrogens with one attached hydrogen (secondary N) is 1. The second-order valence-corrected chi connectivity index (χ2v) is 4.98. The molecule has 128 valence electrons. The molecule has 2 amide bonds. The maximum Gasteiger partial charge on any atom is 0.418 e. The number of nitrogens with zero attached hydrogens (tertiary/aromatic N) is 2. The van der Waals surface area contributed by atoms with Crippen molar-refractivity contribution in [3.63, 3.8) is 0 Å². The smallest absolute Gasteiger partial charge is 0.395 e. The molecule has 0 aliphatic heterocycles. The largest absolute Gasteiger partial charge is 0.418 e. The number of aliphatic hydroxyl groups excluding tert-OH is 1. The first-order chi connectivity index (χ1) is 11.4. The van der Waals surface area contributed by atoms with Gasteiger partial charge in [0.25, 0.3) is 0 Å². The average molecular weight is 339 g/mol. The first kappa shape index (κ1) is 17.7. The minimum absolute atomic E-state index is 0.0189. The molecule has 1 heterocycles. The molecule has 24 heavy (non-hydrogen) atoms. The lowest BCUT2D eigenvalue weighted by molar-refractivity contribution is -0.136. The maximum atomic E-state index is 13.0. The number of hydrogen-bond acceptors (Lipinski definition) is 3. The molecular formula is C16H16F3N3O2. The van der Waals surface area contributed by atoms with Gasteiger partial charge < -0.3 is 15.3 Å². The molecule has 2 aromatic rings. The Morgan fingerprint density at radius 1 is 1.21 bits per heavy atom. The topological polar surface area (TPSA) is 65.5 Å². The number of para-hydroxylation sites is 1. The van der Waals surface area contributed by atoms with Crippen molar-refractivity contribution in [2.24, 2.45) is 0 Å². The van der Waals surface area contributed by atoms with E-state index < -0.39 is 17.8 Å². The number of benzene rings is 1. The summed E-state index contributed by atoms with van der Waals surface area (Å²) in [5, 5.41) is 11.4. The fraction of sp³-hybridized carbons (Fsp3) is 0.250. The molecule has 1 aromatic carbocycles. The van der Waals surface area contributed by atoms with Gasteiger partial charge in [0.15, 0.2) is 0 Å². The zero-order valence-electron chi connectivity index (χ0n) is 12.6. The highest BCUT2D eigenvalue weighted by atomic mass is 19.4. The molecule has 1 aromatic heterocycles. The Hall–Kier alpha value is -2.61. The Labute approximate surface area is 136 Å². The second kappa shape index (κ2) is 7.78. The van der Waals surface area contributed by atoms with E-state index in [1.165, 1.54) is 23.1 Å². The van der Waals surface area contributed by atoms with Crippen molar-refractivity contribution in [1.29, 1.82) is 0 Å². The summed E-state index contributed by atoms with van der Waals surface area (Å²) in [6.07, 6.45) is -1.46. The van der Waals surface area contributed by atoms with E-state index in [0.717, 1.165) is 6.07 Å². The van der Waals surface area contributed by atoms with Crippen LogP contribution in [0.25, 0.3) is 0 Å². The molecule has 0 aliphatic carbocycles. The Morgan fingerprint density at radius 3 is 2.58 bits per heavy atom. The molecule has 2 N–H and O–H groups in total. The summed E-state index contributed by atoms with van der Waals surface area (Å²) in [6, 6.07) is 7.42. The van der Waals surface area contributed by atoms with Crippen LogP contribution in [0.2, 0.25) is 0 Å². The number of rotatable bonds is 5. The van der Waals surface area contributed by atoms with Crippen molar-refractivity contribution in [1.82, 2.24) is 9.88 Å². The number of urea groups is 1. The van der Waals surface area contributed by atoms with Gasteiger partial charge in [0, 0.05) is 25.5 Å². The summed E-state index contributed by atoms with van der Waals surface area (Å²) in [5.74, 6) is 0. The SMILES string of the molecule is O=C(Nc1ccccc1C(F)(F)F)N(CCO)Cc1cccnc1. The summed E-state index contributed by atoms with van der Waals surface area (Å²) in [7, 11) is 0. The zero-order valence-corrected chi connectivity index (χ0v) is 12.6. The van der Waals surface area contributed by atoms with Gasteiger partial charge in [-0.3, -0.25) is 4.98 Å². The molecular weight excluding hydrogens is 323 g/mol. The number of alkyl halides is 3. The molecule has 0 saturated carbocycles. The van der Waals surface area contributed by atoms with Gasteiger partial charge in [0.1, 0.15) is 0 Å². The lowest BCUT2D eigenvalue weighted by Gasteiger charge is -2.23. The standard InChI is InChI=1S/C16H16F3N3O2/c17-16(18,19)13-5-1-2-6-14(13)21-15(24)22(8-9-23)11-12-4-3-7-20-10-12/h1-7,10,23H,8-9,11H2,(H,21,24). The second-order valence-electron chi connectivity index (χ2n) is 4.98. The highest BCUT2D eigenvalue weighted by molar-refractivity contribution is 5.90. The first-order valence-corrected chi connectivity index (χ1v) is 7.13. The molecule has 2 rings (SSSR count). The minimum atomic E-state index is -4.57. The fourth-order valence-electron chi connectivity index (χ4n) is 2.12. The highest BCUT2D eigenvalue weighted by Gasteiger charge is 2.33. The highest BCUT2D eigenvalue weighted by Crippen LogP contribution is 2.34. The van der Waals surface area contributed by atoms with Crippen molar-refractivity contribution in [3.8, 4) is 0 Å². The molecule has 0 bridgehead atoms. The van der Waals surface area contributed by atoms with Crippen molar-refractivity contribution in [2.75, 3.05) is 18.5 Å². The number of hydrogen-bond donors (Lipinski definition) is 2. The van der Waals surface area contributed by atoms with Crippen molar-refractivity contribution in [3.05, 3.63) is 59.9 Å². The predicted octanol–water partition coefficient (Wildman–Crippen LogP) is 3.13. The van der Waals surface area contributed by atoms with E-state index in [1.807, 2.05) is 0 Å². The van der Waals surface area contributed by atoms with Crippen LogP contribution in [0.1, 0.15) is 11.1 Å². The van der Waals surface area contributed by atoms with E-state index in [4.69, 9.17) is 5.11 Å². The van der Waals surface area contributed by atoms with Gasteiger partial charge in [-0.25, -0.2) is 4.79 Å². The van der Waals surface area contributed by atoms with Crippen molar-refractivity contribution < 1.29 is 23.1 Å². The fourth-order valence-corrected chi connectivity index (χ4v) is 2.12. The van der Waals surface area contributed by atoms with Gasteiger partial charge in [-0.2, -0.15) is 13.2 Å². The van der Waals surface area contributed by atoms with Crippen LogP contribution in [0.15, 0.2) is 48.8 Å². The monoisotopic (exact) mass is 339 g/mol. The van der Waals surface area contributed by atoms with Gasteiger partial charge in [0.05, 0.1) is 17.9 Å². The van der Waals surface area contributed by atoms with E-state index >= 15 is 0 Å². The molecule has 0 saturated heterocycles. The normalized spacial score (nSPS) is 11.2. The van der Waals surface area contributed by atoms with E-state index in [9.17, 15) is 18.0 Å². The number of anilines is 1. The number of amides is 2. The van der Waals surface area contributed by atoms with Crippen molar-refractivity contribution in [2.45, 2.75) is 12.7 Å². The van der Waals surface area contributed by atoms with E-state index in [-0.39, 0.29) is 25.4 Å². The average Bonchev–Trinajstić information content (AvgIpc) is 2.55. The van der Waals surface area contributed by atoms with Crippen LogP contribution >= 0.6 is 0 Å². The summed E-state index contributed by atoms with van der Waals surface area (Å²) >= 11 is 0. The number of pyridine rings is 1. The Balaban J connectivity index is 2.17. The Bertz CT molecular complexity index is 678. The number of halogens is 3. The van der Waals surface area contributed by atoms with Crippen LogP contribution in [-0.2, 0) is 12.7 Å². The summed E-state index contributed by atoms with van der Waals surface area (Å²) in [4.78, 5) is 17.4. The van der Waals surface area contributed by atoms with E-state index in [1.54, 1.807) is 24.5 Å². The lowest BCUT2D eigenvalue weighted by atomic mass is 10.1. The number of carbonyl (C=O) groups excluding carboxylic acids is 1. The summed E-state index contributed by atoms with van der Waals surface area (Å²) < 4.78 is 38.9. The lowest BCUT2D eigenvalue weighted by Crippen LogP contribution is -2.37. The third kappa shape index (κ3) is 4.69. The van der Waals surface area contributed by atoms with Gasteiger partial charge >= 0.3 is 12.2 Å². The molecule has 8 heteroatoms. The number of carbonyl (C=O) groups is 1. The van der Waals surface area contributed by atoms with Crippen LogP contribution in [-0.4, -0.2) is 34.2 Å². The van der Waals surface area contributed by atoms with Crippen LogP contribution in [0, 0.1) is 0 Å². The minimum Gasteiger partial charge on any atom is -0.395 e. The van der Waals surface area contributed by atoms with Crippen LogP contribution in [0.5, 0.6) is 0 Å². The van der Waals surface area contributed by atoms with Crippen molar-refractivity contribution >= 4 is 11.7 Å². The van der Waals surface area contributed by atoms with Gasteiger partial charge in [0.2, 0.25) is 0 Å². The van der Waals surface area contributed by atoms with Gasteiger partial charge in [-0.05, 0) is 23.8 Å². The Kier molecular flexibility index (Phi) is 5.75. The number of aromatic nitrogens is 1. The quantitative estimate of drug-likeness (QED) is 0.880. The van der Waals surface area contributed by atoms with Crippen LogP contribution < -0.4 is 5.32 Å². The van der Waals surface area contributed by atoms with Gasteiger partial charge in [-0.15, -0.1) is 0 Å². The first-order valence-electron chi connectivity index (χ1n) is 7.13. The third-order valence-corrected chi connectivity index (χ3v) is 3.23. The Morgan fingerprint density at radius 2 is 1.96 bits per heavy atom. The number of aliphatic hydroxyl groups is 1. The summed E-state index contributed by atoms with van der Waals surface area (Å²) in [5.41, 5.74) is -0.557. The zero-order chi connectivity index (χ0) is 17.6. The molecule has 0 spiro atoms. The van der Waals surface area contributed by atoms with E-state index in [0.29, 0.717) is 5.56 Å². The maximum absolute atomic E-state index is 13.0. The molecule has 0 aliphatic rings. The van der Waals surface area contributed by atoms with Crippen LogP contribution in [0.4, 0.5) is 23.7 Å². The molecule has 0 fully saturated rings. The van der Waals surface area contributed by atoms with Crippen LogP contribution in [0.3, 0.4) is 0 Å². The molecule has 0 unspecified atom stereocenters. The van der Waals surface area contributed by atoms with E-state index in [2.05, 4.69) is 10.3 Å². The molecule has 5 nitrogen and oxygen atoms in total. The molecule has 0 radical (unpaired) electrons.